The first-order valence-corrected chi connectivity index (χ1v) is 6.73. The number of hydrogen-bond donors (Lipinski definition) is 1. The van der Waals surface area contributed by atoms with Crippen LogP contribution in [0.4, 0.5) is 0 Å². The molecule has 0 saturated heterocycles. The van der Waals surface area contributed by atoms with Crippen molar-refractivity contribution in [2.75, 3.05) is 13.1 Å². The minimum absolute atomic E-state index is 0.955. The van der Waals surface area contributed by atoms with Gasteiger partial charge in [0.15, 0.2) is 0 Å². The summed E-state index contributed by atoms with van der Waals surface area (Å²) in [6.07, 6.45) is 14.6. The van der Waals surface area contributed by atoms with Gasteiger partial charge in [-0.15, -0.1) is 6.58 Å². The smallest absolute Gasteiger partial charge is 0.0132 e. The molecule has 0 aromatic carbocycles. The second kappa shape index (κ2) is 13.7. The first-order valence-electron chi connectivity index (χ1n) is 6.73. The molecule has 1 nitrogen and oxygen atoms in total. The SMILES string of the molecule is C=CCNCCCCCCCCCCC. The van der Waals surface area contributed by atoms with Crippen molar-refractivity contribution in [3.8, 4) is 0 Å². The van der Waals surface area contributed by atoms with Gasteiger partial charge in [-0.3, -0.25) is 0 Å². The fourth-order valence-corrected chi connectivity index (χ4v) is 1.76. The summed E-state index contributed by atoms with van der Waals surface area (Å²) in [5.74, 6) is 0. The molecule has 0 radical (unpaired) electrons. The zero-order valence-corrected chi connectivity index (χ0v) is 10.6. The van der Waals surface area contributed by atoms with Crippen molar-refractivity contribution in [2.24, 2.45) is 0 Å². The summed E-state index contributed by atoms with van der Waals surface area (Å²) in [4.78, 5) is 0. The van der Waals surface area contributed by atoms with Crippen LogP contribution >= 0.6 is 0 Å². The van der Waals surface area contributed by atoms with Crippen molar-refractivity contribution < 1.29 is 0 Å². The van der Waals surface area contributed by atoms with E-state index in [2.05, 4.69) is 18.8 Å². The lowest BCUT2D eigenvalue weighted by Crippen LogP contribution is -2.14. The quantitative estimate of drug-likeness (QED) is 0.375. The van der Waals surface area contributed by atoms with Crippen LogP contribution in [0.1, 0.15) is 64.7 Å². The summed E-state index contributed by atoms with van der Waals surface area (Å²) in [7, 11) is 0. The average molecular weight is 211 g/mol. The van der Waals surface area contributed by atoms with E-state index >= 15 is 0 Å². The summed E-state index contributed by atoms with van der Waals surface area (Å²) in [6.45, 7) is 8.06. The highest BCUT2D eigenvalue weighted by molar-refractivity contribution is 4.69. The number of nitrogens with one attached hydrogen (secondary N) is 1. The molecule has 0 saturated carbocycles. The van der Waals surface area contributed by atoms with Gasteiger partial charge in [0.1, 0.15) is 0 Å². The van der Waals surface area contributed by atoms with E-state index in [-0.39, 0.29) is 0 Å². The maximum atomic E-state index is 3.68. The molecular formula is C14H29N. The Morgan fingerprint density at radius 2 is 1.40 bits per heavy atom. The molecule has 0 aliphatic heterocycles. The Bertz CT molecular complexity index is 121. The van der Waals surface area contributed by atoms with Gasteiger partial charge in [-0.2, -0.15) is 0 Å². The summed E-state index contributed by atoms with van der Waals surface area (Å²) in [5.41, 5.74) is 0. The van der Waals surface area contributed by atoms with Crippen LogP contribution in [0, 0.1) is 0 Å². The van der Waals surface area contributed by atoms with E-state index in [9.17, 15) is 0 Å². The van der Waals surface area contributed by atoms with Gasteiger partial charge in [0.05, 0.1) is 0 Å². The Hall–Kier alpha value is -0.300. The maximum Gasteiger partial charge on any atom is 0.0132 e. The molecule has 0 amide bonds. The monoisotopic (exact) mass is 211 g/mol. The molecular weight excluding hydrogens is 182 g/mol. The predicted molar refractivity (Wildman–Crippen MR) is 70.3 cm³/mol. The molecule has 0 atom stereocenters. The topological polar surface area (TPSA) is 12.0 Å². The van der Waals surface area contributed by atoms with E-state index in [1.807, 2.05) is 6.08 Å². The van der Waals surface area contributed by atoms with E-state index in [4.69, 9.17) is 0 Å². The summed E-state index contributed by atoms with van der Waals surface area (Å²) < 4.78 is 0. The Balaban J connectivity index is 2.83. The third kappa shape index (κ3) is 13.7. The molecule has 1 heteroatoms. The van der Waals surface area contributed by atoms with Crippen molar-refractivity contribution in [2.45, 2.75) is 64.7 Å². The van der Waals surface area contributed by atoms with E-state index < -0.39 is 0 Å². The van der Waals surface area contributed by atoms with Crippen LogP contribution in [0.25, 0.3) is 0 Å². The number of hydrogen-bond acceptors (Lipinski definition) is 1. The largest absolute Gasteiger partial charge is 0.313 e. The van der Waals surface area contributed by atoms with E-state index in [0.29, 0.717) is 0 Å². The predicted octanol–water partition coefficient (Wildman–Crippen LogP) is 4.29. The molecule has 0 spiro atoms. The van der Waals surface area contributed by atoms with Crippen LogP contribution in [-0.2, 0) is 0 Å². The van der Waals surface area contributed by atoms with Gasteiger partial charge in [-0.25, -0.2) is 0 Å². The highest BCUT2D eigenvalue weighted by Crippen LogP contribution is 2.08. The number of unbranched alkanes of at least 4 members (excludes halogenated alkanes) is 8. The summed E-state index contributed by atoms with van der Waals surface area (Å²) in [6, 6.07) is 0. The molecule has 0 rings (SSSR count). The lowest BCUT2D eigenvalue weighted by atomic mass is 10.1. The first kappa shape index (κ1) is 14.7. The van der Waals surface area contributed by atoms with Crippen molar-refractivity contribution in [1.29, 1.82) is 0 Å². The van der Waals surface area contributed by atoms with E-state index in [1.54, 1.807) is 0 Å². The second-order valence-corrected chi connectivity index (χ2v) is 4.32. The van der Waals surface area contributed by atoms with Crippen LogP contribution in [-0.4, -0.2) is 13.1 Å². The highest BCUT2D eigenvalue weighted by atomic mass is 14.8. The van der Waals surface area contributed by atoms with E-state index in [0.717, 1.165) is 13.1 Å². The van der Waals surface area contributed by atoms with Crippen LogP contribution in [0.3, 0.4) is 0 Å². The number of rotatable bonds is 12. The van der Waals surface area contributed by atoms with Crippen LogP contribution in [0.2, 0.25) is 0 Å². The van der Waals surface area contributed by atoms with Gasteiger partial charge in [0.25, 0.3) is 0 Å². The average Bonchev–Trinajstić information content (AvgIpc) is 2.26. The molecule has 0 heterocycles. The van der Waals surface area contributed by atoms with Crippen molar-refractivity contribution in [3.05, 3.63) is 12.7 Å². The second-order valence-electron chi connectivity index (χ2n) is 4.32. The van der Waals surface area contributed by atoms with Crippen LogP contribution in [0.5, 0.6) is 0 Å². The standard InChI is InChI=1S/C14H29N/c1-3-5-6-7-8-9-10-11-12-14-15-13-4-2/h4,15H,2-3,5-14H2,1H3. The molecule has 15 heavy (non-hydrogen) atoms. The van der Waals surface area contributed by atoms with Gasteiger partial charge in [-0.05, 0) is 13.0 Å². The van der Waals surface area contributed by atoms with Crippen LogP contribution < -0.4 is 5.32 Å². The summed E-state index contributed by atoms with van der Waals surface area (Å²) in [5, 5.41) is 3.34. The Morgan fingerprint density at radius 1 is 0.867 bits per heavy atom. The zero-order chi connectivity index (χ0) is 11.2. The minimum Gasteiger partial charge on any atom is -0.313 e. The fraction of sp³-hybridized carbons (Fsp3) is 0.857. The molecule has 0 unspecified atom stereocenters. The molecule has 1 N–H and O–H groups in total. The normalized spacial score (nSPS) is 10.5. The van der Waals surface area contributed by atoms with Crippen molar-refractivity contribution >= 4 is 0 Å². The summed E-state index contributed by atoms with van der Waals surface area (Å²) >= 11 is 0. The fourth-order valence-electron chi connectivity index (χ4n) is 1.76. The van der Waals surface area contributed by atoms with Crippen molar-refractivity contribution in [1.82, 2.24) is 5.32 Å². The van der Waals surface area contributed by atoms with Crippen LogP contribution in [0.15, 0.2) is 12.7 Å². The molecule has 0 aliphatic rings. The first-order chi connectivity index (χ1) is 7.41. The molecule has 0 bridgehead atoms. The maximum absolute atomic E-state index is 3.68. The lowest BCUT2D eigenvalue weighted by Gasteiger charge is -2.02. The lowest BCUT2D eigenvalue weighted by molar-refractivity contribution is 0.555. The molecule has 0 aliphatic carbocycles. The Morgan fingerprint density at radius 3 is 1.93 bits per heavy atom. The van der Waals surface area contributed by atoms with E-state index in [1.165, 1.54) is 57.8 Å². The highest BCUT2D eigenvalue weighted by Gasteiger charge is 1.91. The Labute approximate surface area is 96.3 Å². The van der Waals surface area contributed by atoms with Gasteiger partial charge >= 0.3 is 0 Å². The van der Waals surface area contributed by atoms with Crippen molar-refractivity contribution in [3.63, 3.8) is 0 Å². The minimum atomic E-state index is 0.955. The zero-order valence-electron chi connectivity index (χ0n) is 10.6. The van der Waals surface area contributed by atoms with Gasteiger partial charge in [-0.1, -0.05) is 64.4 Å². The Kier molecular flexibility index (Phi) is 13.4. The molecule has 0 fully saturated rings. The third-order valence-electron chi connectivity index (χ3n) is 2.75. The third-order valence-corrected chi connectivity index (χ3v) is 2.75. The van der Waals surface area contributed by atoms with Gasteiger partial charge in [0, 0.05) is 6.54 Å². The van der Waals surface area contributed by atoms with Gasteiger partial charge in [0.2, 0.25) is 0 Å². The van der Waals surface area contributed by atoms with Gasteiger partial charge < -0.3 is 5.32 Å². The molecule has 0 aromatic rings. The molecule has 90 valence electrons. The molecule has 0 aromatic heterocycles.